The van der Waals surface area contributed by atoms with Crippen LogP contribution in [0.1, 0.15) is 0 Å². The van der Waals surface area contributed by atoms with E-state index in [1.54, 1.807) is 0 Å². The summed E-state index contributed by atoms with van der Waals surface area (Å²) in [7, 11) is 0. The molecule has 15 heavy (non-hydrogen) atoms. The Morgan fingerprint density at radius 1 is 0.733 bits per heavy atom. The van der Waals surface area contributed by atoms with Gasteiger partial charge in [-0.15, -0.1) is 0 Å². The van der Waals surface area contributed by atoms with Crippen LogP contribution in [0.25, 0.3) is 0 Å². The van der Waals surface area contributed by atoms with E-state index in [4.69, 9.17) is 15.3 Å². The number of aliphatic hydroxyl groups is 3. The molecule has 0 aliphatic heterocycles. The number of rotatable bonds is 5. The van der Waals surface area contributed by atoms with E-state index in [1.807, 2.05) is 0 Å². The van der Waals surface area contributed by atoms with Gasteiger partial charge in [-0.25, -0.2) is 4.74 Å². The molecule has 0 radical (unpaired) electrons. The fourth-order valence-electron chi connectivity index (χ4n) is 0.233. The van der Waals surface area contributed by atoms with E-state index in [0.29, 0.717) is 0 Å². The molecular weight excluding hydrogens is 253 g/mol. The third-order valence-corrected chi connectivity index (χ3v) is 0.581. The zero-order chi connectivity index (χ0) is 9.83. The van der Waals surface area contributed by atoms with Crippen LogP contribution >= 0.6 is 0 Å². The molecule has 0 unspecified atom stereocenters. The first-order chi connectivity index (χ1) is 5.39. The molecule has 0 heterocycles. The Balaban J connectivity index is -0.000000202. The molecule has 0 aliphatic rings. The summed E-state index contributed by atoms with van der Waals surface area (Å²) >= 11 is 0. The van der Waals surface area contributed by atoms with Crippen molar-refractivity contribution < 1.29 is 139 Å². The zero-order valence-corrected chi connectivity index (χ0v) is 14.2. The van der Waals surface area contributed by atoms with Gasteiger partial charge in [0.05, 0.1) is 0 Å². The van der Waals surface area contributed by atoms with Gasteiger partial charge in [0.25, 0.3) is 0 Å². The smallest absolute Gasteiger partial charge is 0.717 e. The van der Waals surface area contributed by atoms with Crippen LogP contribution in [-0.2, 0) is 19.4 Å². The number of hydrogen-bond acceptors (Lipinski definition) is 10. The van der Waals surface area contributed by atoms with E-state index in [0.717, 1.165) is 0 Å². The predicted molar refractivity (Wildman–Crippen MR) is 16.5 cm³/mol. The maximum atomic E-state index is 9.40. The molecule has 10 nitrogen and oxygen atoms in total. The molecule has 0 fully saturated rings. The first-order valence-electron chi connectivity index (χ1n) is 2.19. The van der Waals surface area contributed by atoms with Gasteiger partial charge < -0.3 is 45.8 Å². The van der Waals surface area contributed by atoms with Crippen molar-refractivity contribution in [3.05, 3.63) is 0 Å². The monoisotopic (exact) mass is 256 g/mol. The molecule has 0 rings (SSSR count). The average Bonchev–Trinajstić information content (AvgIpc) is 2.04. The van der Waals surface area contributed by atoms with Gasteiger partial charge in [-0.1, -0.05) is 0 Å². The molecular formula is C2H3Na3O10. The Morgan fingerprint density at radius 2 is 1.07 bits per heavy atom. The summed E-state index contributed by atoms with van der Waals surface area (Å²) in [4.78, 5) is 7.55. The molecule has 3 N–H and O–H groups in total. The number of ether oxygens (including phenoxy) is 1. The molecule has 13 heteroatoms. The second-order valence-corrected chi connectivity index (χ2v) is 1.42. The van der Waals surface area contributed by atoms with Crippen LogP contribution in [0.2, 0.25) is 0 Å². The van der Waals surface area contributed by atoms with Crippen molar-refractivity contribution in [3.8, 4) is 0 Å². The molecule has 0 bridgehead atoms. The van der Waals surface area contributed by atoms with Gasteiger partial charge in [0.1, 0.15) is 0 Å². The quantitative estimate of drug-likeness (QED) is 0.186. The summed E-state index contributed by atoms with van der Waals surface area (Å²) in [5.74, 6) is 0. The molecule has 0 aliphatic carbocycles. The van der Waals surface area contributed by atoms with Crippen LogP contribution in [0.5, 0.6) is 0 Å². The molecule has 0 amide bonds. The van der Waals surface area contributed by atoms with Crippen LogP contribution < -0.4 is 104 Å². The standard InChI is InChI=1S/C2H6O10.3Na/c3-1(4,10-6)9-2(5,11-7)12-8;;;/h3-8H;;;/q;3*+1/p-3. The van der Waals surface area contributed by atoms with E-state index in [9.17, 15) is 15.8 Å². The van der Waals surface area contributed by atoms with Crippen LogP contribution in [0, 0.1) is 0 Å². The second-order valence-electron chi connectivity index (χ2n) is 1.42. The molecule has 0 atom stereocenters. The van der Waals surface area contributed by atoms with Crippen molar-refractivity contribution in [1.29, 1.82) is 0 Å². The van der Waals surface area contributed by atoms with Crippen molar-refractivity contribution in [3.63, 3.8) is 0 Å². The molecule has 74 valence electrons. The molecule has 0 saturated heterocycles. The van der Waals surface area contributed by atoms with Crippen LogP contribution in [0.15, 0.2) is 0 Å². The Morgan fingerprint density at radius 3 is 1.27 bits per heavy atom. The van der Waals surface area contributed by atoms with Crippen molar-refractivity contribution in [1.82, 2.24) is 0 Å². The first-order valence-corrected chi connectivity index (χ1v) is 2.19. The van der Waals surface area contributed by atoms with Crippen LogP contribution in [0.3, 0.4) is 0 Å². The van der Waals surface area contributed by atoms with Gasteiger partial charge in [-0.2, -0.15) is 0 Å². The Hall–Kier alpha value is 2.60. The van der Waals surface area contributed by atoms with Crippen molar-refractivity contribution >= 4 is 0 Å². The van der Waals surface area contributed by atoms with Gasteiger partial charge >= 0.3 is 101 Å². The topological polar surface area (TPSA) is 167 Å². The predicted octanol–water partition coefficient (Wildman–Crippen LogP) is -14.9. The van der Waals surface area contributed by atoms with E-state index < -0.39 is 12.3 Å². The minimum absolute atomic E-state index is 0. The van der Waals surface area contributed by atoms with Gasteiger partial charge in [0.15, 0.2) is 0 Å². The summed E-state index contributed by atoms with van der Waals surface area (Å²) in [6.45, 7) is 0. The van der Waals surface area contributed by atoms with Crippen LogP contribution in [-0.4, -0.2) is 27.6 Å². The summed E-state index contributed by atoms with van der Waals surface area (Å²) in [5, 5.41) is 52.6. The zero-order valence-electron chi connectivity index (χ0n) is 8.20. The average molecular weight is 256 g/mol. The Kier molecular flexibility index (Phi) is 20.4. The normalized spacial score (nSPS) is 10.8. The van der Waals surface area contributed by atoms with Gasteiger partial charge in [-0.05, 0) is 0 Å². The largest absolute Gasteiger partial charge is 1.00 e. The minimum atomic E-state index is -3.93. The molecule has 0 aromatic rings. The van der Waals surface area contributed by atoms with Gasteiger partial charge in [0, 0.05) is 0 Å². The van der Waals surface area contributed by atoms with Crippen molar-refractivity contribution in [2.75, 3.05) is 0 Å². The Bertz CT molecular complexity index is 137. The van der Waals surface area contributed by atoms with Crippen molar-refractivity contribution in [2.45, 2.75) is 12.3 Å². The fraction of sp³-hybridized carbons (Fsp3) is 1.00. The summed E-state index contributed by atoms with van der Waals surface area (Å²) < 4.78 is 3.14. The second kappa shape index (κ2) is 11.7. The van der Waals surface area contributed by atoms with Gasteiger partial charge in [-0.3, -0.25) is 0 Å². The first kappa shape index (κ1) is 26.2. The third kappa shape index (κ3) is 11.4. The molecule has 0 saturated carbocycles. The molecule has 0 aromatic heterocycles. The third-order valence-electron chi connectivity index (χ3n) is 0.581. The SMILES string of the molecule is [Na+].[Na+].[Na+].[O-]OC(O)(O)OC(O)(O[O-])O[O-]. The van der Waals surface area contributed by atoms with E-state index in [1.165, 1.54) is 0 Å². The van der Waals surface area contributed by atoms with Gasteiger partial charge in [0.2, 0.25) is 0 Å². The van der Waals surface area contributed by atoms with E-state index in [2.05, 4.69) is 19.4 Å². The maximum Gasteiger partial charge on any atom is 1.00 e. The van der Waals surface area contributed by atoms with Crippen molar-refractivity contribution in [2.24, 2.45) is 0 Å². The summed E-state index contributed by atoms with van der Waals surface area (Å²) in [5.41, 5.74) is 0. The van der Waals surface area contributed by atoms with E-state index >= 15 is 0 Å². The molecule has 0 spiro atoms. The van der Waals surface area contributed by atoms with Crippen LogP contribution in [0.4, 0.5) is 0 Å². The maximum absolute atomic E-state index is 9.40. The number of hydrogen-bond donors (Lipinski definition) is 3. The fourth-order valence-corrected chi connectivity index (χ4v) is 0.233. The summed E-state index contributed by atoms with van der Waals surface area (Å²) in [6, 6.07) is 0. The molecule has 0 aromatic carbocycles. The van der Waals surface area contributed by atoms with E-state index in [-0.39, 0.29) is 88.7 Å². The summed E-state index contributed by atoms with van der Waals surface area (Å²) in [6.07, 6.45) is -7.79. The Labute approximate surface area is 149 Å². The minimum Gasteiger partial charge on any atom is -0.717 e.